The van der Waals surface area contributed by atoms with E-state index in [4.69, 9.17) is 4.79 Å². The number of carbonyl (C=O) groups excluding carboxylic acids is 1. The second-order valence-corrected chi connectivity index (χ2v) is 1.84. The summed E-state index contributed by atoms with van der Waals surface area (Å²) in [5.41, 5.74) is 0. The molecule has 1 rings (SSSR count). The summed E-state index contributed by atoms with van der Waals surface area (Å²) in [6.07, 6.45) is 1.06. The molecule has 0 spiro atoms. The predicted molar refractivity (Wildman–Crippen MR) is 43.7 cm³/mol. The van der Waals surface area contributed by atoms with Gasteiger partial charge in [-0.1, -0.05) is 6.58 Å². The minimum absolute atomic E-state index is 0.312. The third-order valence-corrected chi connectivity index (χ3v) is 0.955. The molecule has 0 atom stereocenters. The van der Waals surface area contributed by atoms with Gasteiger partial charge >= 0.3 is 0 Å². The van der Waals surface area contributed by atoms with Crippen LogP contribution in [0.2, 0.25) is 0 Å². The zero-order valence-corrected chi connectivity index (χ0v) is 6.74. The van der Waals surface area contributed by atoms with Gasteiger partial charge in [-0.25, -0.2) is 8.78 Å². The lowest BCUT2D eigenvalue weighted by atomic mass is 10.3. The smallest absolute Gasteiger partial charge is 0.297 e. The lowest BCUT2D eigenvalue weighted by Crippen LogP contribution is -1.72. The van der Waals surface area contributed by atoms with Crippen molar-refractivity contribution in [2.75, 3.05) is 0 Å². The summed E-state index contributed by atoms with van der Waals surface area (Å²) in [7, 11) is 0. The SMILES string of the molecule is C=COC=O.Fc1ccc(F)cc1. The molecule has 0 N–H and O–H groups in total. The molecule has 0 saturated heterocycles. The van der Waals surface area contributed by atoms with Crippen molar-refractivity contribution in [2.45, 2.75) is 0 Å². The van der Waals surface area contributed by atoms with Crippen LogP contribution >= 0.6 is 0 Å². The van der Waals surface area contributed by atoms with E-state index < -0.39 is 11.6 Å². The largest absolute Gasteiger partial charge is 0.437 e. The summed E-state index contributed by atoms with van der Waals surface area (Å²) in [6.45, 7) is 3.41. The molecular formula is C9H8F2O2. The van der Waals surface area contributed by atoms with Crippen LogP contribution in [0.4, 0.5) is 8.78 Å². The number of hydrogen-bond acceptors (Lipinski definition) is 2. The van der Waals surface area contributed by atoms with Crippen molar-refractivity contribution in [3.8, 4) is 0 Å². The minimum atomic E-state index is -0.411. The number of halogens is 2. The van der Waals surface area contributed by atoms with Crippen LogP contribution in [-0.4, -0.2) is 6.47 Å². The number of rotatable bonds is 2. The highest BCUT2D eigenvalue weighted by molar-refractivity contribution is 5.37. The van der Waals surface area contributed by atoms with E-state index >= 15 is 0 Å². The Labute approximate surface area is 74.4 Å². The van der Waals surface area contributed by atoms with Gasteiger partial charge in [0.25, 0.3) is 6.47 Å². The van der Waals surface area contributed by atoms with Crippen LogP contribution in [0.3, 0.4) is 0 Å². The van der Waals surface area contributed by atoms with Gasteiger partial charge in [-0.2, -0.15) is 0 Å². The van der Waals surface area contributed by atoms with Crippen molar-refractivity contribution in [1.82, 2.24) is 0 Å². The van der Waals surface area contributed by atoms with Gasteiger partial charge < -0.3 is 4.74 Å². The number of carbonyl (C=O) groups is 1. The van der Waals surface area contributed by atoms with Gasteiger partial charge in [0.15, 0.2) is 0 Å². The molecule has 13 heavy (non-hydrogen) atoms. The highest BCUT2D eigenvalue weighted by atomic mass is 19.1. The quantitative estimate of drug-likeness (QED) is 0.523. The normalized spacial score (nSPS) is 7.85. The highest BCUT2D eigenvalue weighted by Gasteiger charge is 1.86. The monoisotopic (exact) mass is 186 g/mol. The Kier molecular flexibility index (Phi) is 6.05. The molecule has 0 amide bonds. The Balaban J connectivity index is 0.000000252. The zero-order chi connectivity index (χ0) is 10.1. The Morgan fingerprint density at radius 3 is 1.69 bits per heavy atom. The van der Waals surface area contributed by atoms with E-state index in [9.17, 15) is 8.78 Å². The molecule has 0 aliphatic carbocycles. The average molecular weight is 186 g/mol. The first-order chi connectivity index (χ1) is 6.20. The molecule has 0 heterocycles. The summed E-state index contributed by atoms with van der Waals surface area (Å²) < 4.78 is 27.8. The molecule has 2 nitrogen and oxygen atoms in total. The third-order valence-electron chi connectivity index (χ3n) is 0.955. The standard InChI is InChI=1S/C6H4F2.C3H4O2/c7-5-1-2-6(8)4-3-5;1-2-5-3-4/h1-4H;2-3H,1H2. The van der Waals surface area contributed by atoms with Crippen LogP contribution < -0.4 is 0 Å². The summed E-state index contributed by atoms with van der Waals surface area (Å²) in [5, 5.41) is 0. The predicted octanol–water partition coefficient (Wildman–Crippen LogP) is 2.27. The molecule has 0 aliphatic heterocycles. The average Bonchev–Trinajstić information content (AvgIpc) is 2.13. The van der Waals surface area contributed by atoms with E-state index in [0.29, 0.717) is 6.47 Å². The topological polar surface area (TPSA) is 26.3 Å². The van der Waals surface area contributed by atoms with Crippen molar-refractivity contribution in [2.24, 2.45) is 0 Å². The first-order valence-electron chi connectivity index (χ1n) is 3.31. The molecule has 0 saturated carbocycles. The maximum atomic E-state index is 11.9. The molecule has 0 unspecified atom stereocenters. The Morgan fingerprint density at radius 2 is 1.54 bits per heavy atom. The summed E-state index contributed by atoms with van der Waals surface area (Å²) in [6, 6.07) is 4.31. The highest BCUT2D eigenvalue weighted by Crippen LogP contribution is 1.98. The summed E-state index contributed by atoms with van der Waals surface area (Å²) in [5.74, 6) is -0.821. The second-order valence-electron chi connectivity index (χ2n) is 1.84. The van der Waals surface area contributed by atoms with E-state index in [1.165, 1.54) is 0 Å². The van der Waals surface area contributed by atoms with Crippen molar-refractivity contribution in [3.05, 3.63) is 48.7 Å². The second kappa shape index (κ2) is 6.97. The van der Waals surface area contributed by atoms with Gasteiger partial charge in [-0.05, 0) is 24.3 Å². The van der Waals surface area contributed by atoms with Crippen LogP contribution in [0, 0.1) is 11.6 Å². The van der Waals surface area contributed by atoms with Crippen LogP contribution in [0.15, 0.2) is 37.1 Å². The molecular weight excluding hydrogens is 178 g/mol. The van der Waals surface area contributed by atoms with E-state index in [0.717, 1.165) is 30.5 Å². The van der Waals surface area contributed by atoms with Crippen LogP contribution in [-0.2, 0) is 9.53 Å². The van der Waals surface area contributed by atoms with Gasteiger partial charge in [0, 0.05) is 0 Å². The van der Waals surface area contributed by atoms with Crippen molar-refractivity contribution >= 4 is 6.47 Å². The van der Waals surface area contributed by atoms with Crippen LogP contribution in [0.25, 0.3) is 0 Å². The van der Waals surface area contributed by atoms with E-state index in [1.54, 1.807) is 0 Å². The molecule has 70 valence electrons. The molecule has 0 aliphatic rings. The van der Waals surface area contributed by atoms with Crippen LogP contribution in [0.1, 0.15) is 0 Å². The fraction of sp³-hybridized carbons (Fsp3) is 0. The summed E-state index contributed by atoms with van der Waals surface area (Å²) >= 11 is 0. The third kappa shape index (κ3) is 6.68. The van der Waals surface area contributed by atoms with Gasteiger partial charge in [0.05, 0.1) is 6.26 Å². The molecule has 1 aromatic rings. The molecule has 0 bridgehead atoms. The first kappa shape index (κ1) is 11.3. The Hall–Kier alpha value is -1.71. The maximum absolute atomic E-state index is 11.9. The van der Waals surface area contributed by atoms with E-state index in [2.05, 4.69) is 11.3 Å². The Morgan fingerprint density at radius 1 is 1.15 bits per heavy atom. The minimum Gasteiger partial charge on any atom is -0.437 e. The lowest BCUT2D eigenvalue weighted by molar-refractivity contribution is -0.123. The Bertz CT molecular complexity index is 230. The zero-order valence-electron chi connectivity index (χ0n) is 6.74. The molecule has 0 aromatic heterocycles. The molecule has 4 heteroatoms. The van der Waals surface area contributed by atoms with Crippen molar-refractivity contribution in [1.29, 1.82) is 0 Å². The molecule has 0 radical (unpaired) electrons. The van der Waals surface area contributed by atoms with Crippen LogP contribution in [0.5, 0.6) is 0 Å². The van der Waals surface area contributed by atoms with Gasteiger partial charge in [-0.15, -0.1) is 0 Å². The molecule has 1 aromatic carbocycles. The van der Waals surface area contributed by atoms with Crippen molar-refractivity contribution < 1.29 is 18.3 Å². The fourth-order valence-corrected chi connectivity index (χ4v) is 0.469. The number of hydrogen-bond donors (Lipinski definition) is 0. The molecule has 0 fully saturated rings. The lowest BCUT2D eigenvalue weighted by Gasteiger charge is -1.83. The first-order valence-corrected chi connectivity index (χ1v) is 3.31. The van der Waals surface area contributed by atoms with Gasteiger partial charge in [-0.3, -0.25) is 4.79 Å². The van der Waals surface area contributed by atoms with E-state index in [-0.39, 0.29) is 0 Å². The maximum Gasteiger partial charge on any atom is 0.297 e. The fourth-order valence-electron chi connectivity index (χ4n) is 0.469. The van der Waals surface area contributed by atoms with Crippen molar-refractivity contribution in [3.63, 3.8) is 0 Å². The van der Waals surface area contributed by atoms with Gasteiger partial charge in [0.2, 0.25) is 0 Å². The number of benzene rings is 1. The summed E-state index contributed by atoms with van der Waals surface area (Å²) in [4.78, 5) is 9.11. The number of ether oxygens (including phenoxy) is 1. The van der Waals surface area contributed by atoms with Gasteiger partial charge in [0.1, 0.15) is 11.6 Å². The van der Waals surface area contributed by atoms with E-state index in [1.807, 2.05) is 0 Å².